The maximum absolute atomic E-state index is 9.85. The van der Waals surface area contributed by atoms with Crippen LogP contribution in [0.15, 0.2) is 28.7 Å². The summed E-state index contributed by atoms with van der Waals surface area (Å²) >= 11 is 3.40. The maximum atomic E-state index is 9.85. The second-order valence-electron chi connectivity index (χ2n) is 3.95. The first-order chi connectivity index (χ1) is 6.68. The predicted octanol–water partition coefficient (Wildman–Crippen LogP) is 1.72. The van der Waals surface area contributed by atoms with Gasteiger partial charge in [-0.3, -0.25) is 0 Å². The molecule has 1 aliphatic rings. The van der Waals surface area contributed by atoms with Crippen molar-refractivity contribution in [3.05, 3.63) is 34.3 Å². The molecule has 2 N–H and O–H groups in total. The van der Waals surface area contributed by atoms with Gasteiger partial charge in [0.25, 0.3) is 0 Å². The summed E-state index contributed by atoms with van der Waals surface area (Å²) in [5.41, 5.74) is 0.834. The van der Waals surface area contributed by atoms with E-state index in [2.05, 4.69) is 33.4 Å². The van der Waals surface area contributed by atoms with Crippen molar-refractivity contribution in [2.75, 3.05) is 13.1 Å². The van der Waals surface area contributed by atoms with E-state index in [0.29, 0.717) is 0 Å². The van der Waals surface area contributed by atoms with Crippen molar-refractivity contribution in [3.63, 3.8) is 0 Å². The molecule has 0 spiro atoms. The second kappa shape index (κ2) is 4.01. The largest absolute Gasteiger partial charge is 0.387 e. The first-order valence-corrected chi connectivity index (χ1v) is 5.65. The average molecular weight is 256 g/mol. The molecule has 0 aliphatic carbocycles. The van der Waals surface area contributed by atoms with E-state index in [9.17, 15) is 5.11 Å². The van der Waals surface area contributed by atoms with Crippen molar-refractivity contribution >= 4 is 15.9 Å². The normalized spacial score (nSPS) is 19.0. The van der Waals surface area contributed by atoms with Gasteiger partial charge in [0, 0.05) is 17.6 Å². The Hall–Kier alpha value is -0.380. The summed E-state index contributed by atoms with van der Waals surface area (Å²) in [6.45, 7) is 1.48. The summed E-state index contributed by atoms with van der Waals surface area (Å²) in [6.07, 6.45) is 1.80. The van der Waals surface area contributed by atoms with Crippen molar-refractivity contribution < 1.29 is 5.11 Å². The molecule has 0 bridgehead atoms. The van der Waals surface area contributed by atoms with Gasteiger partial charge in [-0.2, -0.15) is 0 Å². The molecule has 1 aliphatic heterocycles. The SMILES string of the molecule is OC1(CCc2ccc(Br)cc2)CNC1. The number of aliphatic hydroxyl groups is 1. The van der Waals surface area contributed by atoms with E-state index >= 15 is 0 Å². The minimum absolute atomic E-state index is 0.451. The fraction of sp³-hybridized carbons (Fsp3) is 0.455. The van der Waals surface area contributed by atoms with Gasteiger partial charge < -0.3 is 10.4 Å². The number of hydrogen-bond acceptors (Lipinski definition) is 2. The molecule has 1 aromatic rings. The molecular formula is C11H14BrNO. The number of β-amino-alcohol motifs (C(OH)–C–C–N with tert-alkyl or cyclic N) is 1. The minimum Gasteiger partial charge on any atom is -0.387 e. The van der Waals surface area contributed by atoms with Crippen LogP contribution in [0.3, 0.4) is 0 Å². The molecule has 0 radical (unpaired) electrons. The first kappa shape index (κ1) is 10.1. The van der Waals surface area contributed by atoms with Gasteiger partial charge in [-0.15, -0.1) is 0 Å². The van der Waals surface area contributed by atoms with Gasteiger partial charge in [-0.1, -0.05) is 28.1 Å². The maximum Gasteiger partial charge on any atom is 0.0898 e. The molecule has 0 atom stereocenters. The summed E-state index contributed by atoms with van der Waals surface area (Å²) in [5.74, 6) is 0. The van der Waals surface area contributed by atoms with Gasteiger partial charge in [0.2, 0.25) is 0 Å². The second-order valence-corrected chi connectivity index (χ2v) is 4.87. The molecule has 1 saturated heterocycles. The summed E-state index contributed by atoms with van der Waals surface area (Å²) in [5, 5.41) is 12.9. The zero-order valence-electron chi connectivity index (χ0n) is 7.96. The van der Waals surface area contributed by atoms with Crippen LogP contribution in [-0.2, 0) is 6.42 Å². The number of hydrogen-bond donors (Lipinski definition) is 2. The summed E-state index contributed by atoms with van der Waals surface area (Å²) < 4.78 is 1.10. The topological polar surface area (TPSA) is 32.3 Å². The molecule has 0 amide bonds. The van der Waals surface area contributed by atoms with Crippen molar-refractivity contribution in [3.8, 4) is 0 Å². The van der Waals surface area contributed by atoms with E-state index in [0.717, 1.165) is 30.4 Å². The Bertz CT molecular complexity index is 306. The van der Waals surface area contributed by atoms with Crippen LogP contribution in [0, 0.1) is 0 Å². The zero-order chi connectivity index (χ0) is 10.0. The Labute approximate surface area is 92.5 Å². The minimum atomic E-state index is -0.451. The molecule has 0 unspecified atom stereocenters. The van der Waals surface area contributed by atoms with E-state index in [4.69, 9.17) is 0 Å². The highest BCUT2D eigenvalue weighted by Gasteiger charge is 2.33. The molecule has 1 fully saturated rings. The fourth-order valence-corrected chi connectivity index (χ4v) is 1.88. The van der Waals surface area contributed by atoms with Crippen LogP contribution in [0.4, 0.5) is 0 Å². The third kappa shape index (κ3) is 2.35. The molecule has 2 rings (SSSR count). The summed E-state index contributed by atoms with van der Waals surface area (Å²) in [7, 11) is 0. The zero-order valence-corrected chi connectivity index (χ0v) is 9.55. The van der Waals surface area contributed by atoms with E-state index in [-0.39, 0.29) is 0 Å². The lowest BCUT2D eigenvalue weighted by Crippen LogP contribution is -2.59. The van der Waals surface area contributed by atoms with E-state index in [1.165, 1.54) is 5.56 Å². The van der Waals surface area contributed by atoms with Crippen molar-refractivity contribution in [2.24, 2.45) is 0 Å². The van der Waals surface area contributed by atoms with Crippen LogP contribution in [-0.4, -0.2) is 23.8 Å². The first-order valence-electron chi connectivity index (χ1n) is 4.86. The van der Waals surface area contributed by atoms with E-state index < -0.39 is 5.60 Å². The molecule has 76 valence electrons. The lowest BCUT2D eigenvalue weighted by Gasteiger charge is -2.37. The molecular weight excluding hydrogens is 242 g/mol. The monoisotopic (exact) mass is 255 g/mol. The lowest BCUT2D eigenvalue weighted by atomic mass is 9.90. The van der Waals surface area contributed by atoms with Crippen LogP contribution < -0.4 is 5.32 Å². The molecule has 1 aromatic carbocycles. The number of nitrogens with one attached hydrogen (secondary N) is 1. The van der Waals surface area contributed by atoms with Crippen LogP contribution in [0.1, 0.15) is 12.0 Å². The van der Waals surface area contributed by atoms with Gasteiger partial charge in [-0.05, 0) is 30.5 Å². The molecule has 14 heavy (non-hydrogen) atoms. The predicted molar refractivity (Wildman–Crippen MR) is 60.3 cm³/mol. The molecule has 0 aromatic heterocycles. The van der Waals surface area contributed by atoms with Crippen LogP contribution in [0.5, 0.6) is 0 Å². The van der Waals surface area contributed by atoms with Crippen LogP contribution in [0.2, 0.25) is 0 Å². The average Bonchev–Trinajstić information content (AvgIpc) is 2.14. The molecule has 2 nitrogen and oxygen atoms in total. The molecule has 1 heterocycles. The number of aryl methyl sites for hydroxylation is 1. The Morgan fingerprint density at radius 3 is 2.43 bits per heavy atom. The highest BCUT2D eigenvalue weighted by atomic mass is 79.9. The number of rotatable bonds is 3. The standard InChI is InChI=1S/C11H14BrNO/c12-10-3-1-9(2-4-10)5-6-11(14)7-13-8-11/h1-4,13-14H,5-8H2. The quantitative estimate of drug-likeness (QED) is 0.863. The Morgan fingerprint density at radius 1 is 1.29 bits per heavy atom. The van der Waals surface area contributed by atoms with Gasteiger partial charge in [0.15, 0.2) is 0 Å². The van der Waals surface area contributed by atoms with Gasteiger partial charge >= 0.3 is 0 Å². The highest BCUT2D eigenvalue weighted by molar-refractivity contribution is 9.10. The van der Waals surface area contributed by atoms with Crippen molar-refractivity contribution in [1.29, 1.82) is 0 Å². The third-order valence-corrected chi connectivity index (χ3v) is 3.23. The lowest BCUT2D eigenvalue weighted by molar-refractivity contribution is -0.0167. The molecule has 0 saturated carbocycles. The highest BCUT2D eigenvalue weighted by Crippen LogP contribution is 2.19. The Morgan fingerprint density at radius 2 is 1.93 bits per heavy atom. The van der Waals surface area contributed by atoms with Gasteiger partial charge in [0.05, 0.1) is 5.60 Å². The van der Waals surface area contributed by atoms with Crippen molar-refractivity contribution in [2.45, 2.75) is 18.4 Å². The van der Waals surface area contributed by atoms with Crippen LogP contribution in [0.25, 0.3) is 0 Å². The Balaban J connectivity index is 1.88. The molecule has 3 heteroatoms. The fourth-order valence-electron chi connectivity index (χ4n) is 1.62. The van der Waals surface area contributed by atoms with E-state index in [1.807, 2.05) is 12.1 Å². The van der Waals surface area contributed by atoms with Gasteiger partial charge in [0.1, 0.15) is 0 Å². The third-order valence-electron chi connectivity index (χ3n) is 2.70. The summed E-state index contributed by atoms with van der Waals surface area (Å²) in [6, 6.07) is 8.27. The van der Waals surface area contributed by atoms with Crippen molar-refractivity contribution in [1.82, 2.24) is 5.32 Å². The number of benzene rings is 1. The van der Waals surface area contributed by atoms with Crippen LogP contribution >= 0.6 is 15.9 Å². The van der Waals surface area contributed by atoms with Gasteiger partial charge in [-0.25, -0.2) is 0 Å². The number of halogens is 1. The summed E-state index contributed by atoms with van der Waals surface area (Å²) in [4.78, 5) is 0. The smallest absolute Gasteiger partial charge is 0.0898 e. The van der Waals surface area contributed by atoms with E-state index in [1.54, 1.807) is 0 Å². The Kier molecular flexibility index (Phi) is 2.91.